The van der Waals surface area contributed by atoms with E-state index >= 15 is 0 Å². The van der Waals surface area contributed by atoms with Crippen LogP contribution in [-0.2, 0) is 26.6 Å². The normalized spacial score (nSPS) is 17.6. The van der Waals surface area contributed by atoms with E-state index in [4.69, 9.17) is 0 Å². The lowest BCUT2D eigenvalue weighted by Gasteiger charge is -2.30. The fourth-order valence-electron chi connectivity index (χ4n) is 5.00. The zero-order valence-corrected chi connectivity index (χ0v) is 25.9. The van der Waals surface area contributed by atoms with E-state index in [1.807, 2.05) is 13.8 Å². The van der Waals surface area contributed by atoms with Crippen molar-refractivity contribution in [1.29, 1.82) is 0 Å². The zero-order chi connectivity index (χ0) is 29.6. The predicted molar refractivity (Wildman–Crippen MR) is 165 cm³/mol. The van der Waals surface area contributed by atoms with Gasteiger partial charge in [0.15, 0.2) is 0 Å². The van der Waals surface area contributed by atoms with E-state index in [9.17, 15) is 16.8 Å². The van der Waals surface area contributed by atoms with E-state index in [2.05, 4.69) is 42.7 Å². The van der Waals surface area contributed by atoms with E-state index in [-0.39, 0.29) is 22.9 Å². The summed E-state index contributed by atoms with van der Waals surface area (Å²) in [6, 6.07) is 22.1. The van der Waals surface area contributed by atoms with E-state index < -0.39 is 20.0 Å². The van der Waals surface area contributed by atoms with Gasteiger partial charge in [0, 0.05) is 32.7 Å². The molecule has 7 nitrogen and oxygen atoms in total. The second-order valence-corrected chi connectivity index (χ2v) is 14.9. The first-order valence-electron chi connectivity index (χ1n) is 14.0. The summed E-state index contributed by atoms with van der Waals surface area (Å²) < 4.78 is 57.8. The lowest BCUT2D eigenvalue weighted by molar-refractivity contribution is 0.238. The summed E-state index contributed by atoms with van der Waals surface area (Å²) in [6.07, 6.45) is 1.30. The van der Waals surface area contributed by atoms with Crippen LogP contribution < -0.4 is 0 Å². The van der Waals surface area contributed by atoms with Crippen LogP contribution in [0.3, 0.4) is 0 Å². The van der Waals surface area contributed by atoms with Gasteiger partial charge in [-0.05, 0) is 82.1 Å². The smallest absolute Gasteiger partial charge is 0.243 e. The SMILES string of the molecule is C=C1CN(S(=O)(=O)c2ccc(C)cc2)CCCN(Cc2ccc(C)cc2)CCCN(S(=O)(=O)c2ccc(C)cc2)C1. The summed E-state index contributed by atoms with van der Waals surface area (Å²) in [6.45, 7) is 12.8. The molecular weight excluding hydrogens is 555 g/mol. The predicted octanol–water partition coefficient (Wildman–Crippen LogP) is 5.15. The molecule has 1 aliphatic rings. The standard InChI is InChI=1S/C32H41N3O4S2/c1-26-7-13-30(14-8-26)25-33-19-5-21-34(40(36,37)31-15-9-27(2)10-16-31)23-29(4)24-35(22-6-20-33)41(38,39)32-17-11-28(3)12-18-32/h7-18H,4-6,19-25H2,1-3H3. The number of aryl methyl sites for hydroxylation is 3. The molecule has 0 radical (unpaired) electrons. The molecule has 0 atom stereocenters. The minimum absolute atomic E-state index is 0.0497. The highest BCUT2D eigenvalue weighted by Gasteiger charge is 2.29. The maximum atomic E-state index is 13.7. The van der Waals surface area contributed by atoms with Crippen molar-refractivity contribution in [3.8, 4) is 0 Å². The van der Waals surface area contributed by atoms with Crippen LogP contribution in [0.1, 0.15) is 35.1 Å². The minimum atomic E-state index is -3.81. The molecule has 1 fully saturated rings. The molecule has 3 aromatic carbocycles. The maximum Gasteiger partial charge on any atom is 0.243 e. The van der Waals surface area contributed by atoms with Crippen molar-refractivity contribution in [2.75, 3.05) is 39.3 Å². The monoisotopic (exact) mass is 595 g/mol. The van der Waals surface area contributed by atoms with Gasteiger partial charge in [-0.3, -0.25) is 4.90 Å². The first-order valence-corrected chi connectivity index (χ1v) is 16.9. The van der Waals surface area contributed by atoms with E-state index in [0.29, 0.717) is 51.1 Å². The topological polar surface area (TPSA) is 78.0 Å². The van der Waals surface area contributed by atoms with E-state index in [0.717, 1.165) is 11.1 Å². The Morgan fingerprint density at radius 3 is 1.34 bits per heavy atom. The van der Waals surface area contributed by atoms with Gasteiger partial charge in [0.1, 0.15) is 0 Å². The van der Waals surface area contributed by atoms with Gasteiger partial charge in [-0.15, -0.1) is 0 Å². The molecule has 0 bridgehead atoms. The second-order valence-electron chi connectivity index (χ2n) is 11.0. The van der Waals surface area contributed by atoms with Gasteiger partial charge >= 0.3 is 0 Å². The van der Waals surface area contributed by atoms with Crippen LogP contribution in [0.5, 0.6) is 0 Å². The third kappa shape index (κ3) is 8.14. The largest absolute Gasteiger partial charge is 0.299 e. The Hall–Kier alpha value is -2.82. The first-order chi connectivity index (χ1) is 19.4. The number of benzene rings is 3. The number of hydrogen-bond acceptors (Lipinski definition) is 5. The molecular formula is C32H41N3O4S2. The fourth-order valence-corrected chi connectivity index (χ4v) is 8.00. The van der Waals surface area contributed by atoms with Crippen molar-refractivity contribution in [3.63, 3.8) is 0 Å². The highest BCUT2D eigenvalue weighted by Crippen LogP contribution is 2.22. The summed E-state index contributed by atoms with van der Waals surface area (Å²) >= 11 is 0. The van der Waals surface area contributed by atoms with Crippen molar-refractivity contribution >= 4 is 20.0 Å². The van der Waals surface area contributed by atoms with Crippen molar-refractivity contribution in [3.05, 3.63) is 107 Å². The molecule has 0 unspecified atom stereocenters. The molecule has 0 N–H and O–H groups in total. The zero-order valence-electron chi connectivity index (χ0n) is 24.3. The molecule has 1 saturated heterocycles. The summed E-state index contributed by atoms with van der Waals surface area (Å²) in [5.41, 5.74) is 4.85. The van der Waals surface area contributed by atoms with Gasteiger partial charge in [-0.25, -0.2) is 16.8 Å². The third-order valence-corrected chi connectivity index (χ3v) is 11.1. The first kappa shape index (κ1) is 31.1. The van der Waals surface area contributed by atoms with Gasteiger partial charge in [0.05, 0.1) is 9.79 Å². The minimum Gasteiger partial charge on any atom is -0.299 e. The number of sulfonamides is 2. The quantitative estimate of drug-likeness (QED) is 0.369. The molecule has 0 aromatic heterocycles. The lowest BCUT2D eigenvalue weighted by Crippen LogP contribution is -2.41. The Morgan fingerprint density at radius 1 is 0.585 bits per heavy atom. The Labute approximate surface area is 246 Å². The average Bonchev–Trinajstić information content (AvgIpc) is 2.92. The fraction of sp³-hybridized carbons (Fsp3) is 0.375. The van der Waals surface area contributed by atoms with Gasteiger partial charge < -0.3 is 0 Å². The van der Waals surface area contributed by atoms with Gasteiger partial charge in [0.2, 0.25) is 20.0 Å². The summed E-state index contributed by atoms with van der Waals surface area (Å²) in [7, 11) is -7.61. The van der Waals surface area contributed by atoms with Crippen LogP contribution >= 0.6 is 0 Å². The highest BCUT2D eigenvalue weighted by atomic mass is 32.2. The summed E-state index contributed by atoms with van der Waals surface area (Å²) in [4.78, 5) is 2.74. The molecule has 1 aliphatic heterocycles. The summed E-state index contributed by atoms with van der Waals surface area (Å²) in [5, 5.41) is 0. The molecule has 9 heteroatoms. The molecule has 3 aromatic rings. The van der Waals surface area contributed by atoms with E-state index in [1.165, 1.54) is 19.7 Å². The molecule has 0 spiro atoms. The summed E-state index contributed by atoms with van der Waals surface area (Å²) in [5.74, 6) is 0. The molecule has 41 heavy (non-hydrogen) atoms. The van der Waals surface area contributed by atoms with Crippen LogP contribution in [-0.4, -0.2) is 69.6 Å². The molecule has 4 rings (SSSR count). The highest BCUT2D eigenvalue weighted by molar-refractivity contribution is 7.89. The molecule has 0 amide bonds. The van der Waals surface area contributed by atoms with Gasteiger partial charge in [-0.1, -0.05) is 71.8 Å². The van der Waals surface area contributed by atoms with Gasteiger partial charge in [-0.2, -0.15) is 8.61 Å². The Kier molecular flexibility index (Phi) is 10.2. The molecule has 220 valence electrons. The van der Waals surface area contributed by atoms with Crippen molar-refractivity contribution in [2.45, 2.75) is 49.9 Å². The van der Waals surface area contributed by atoms with Crippen molar-refractivity contribution < 1.29 is 16.8 Å². The van der Waals surface area contributed by atoms with Crippen LogP contribution in [0.4, 0.5) is 0 Å². The lowest BCUT2D eigenvalue weighted by atomic mass is 10.1. The van der Waals surface area contributed by atoms with Crippen LogP contribution in [0.15, 0.2) is 94.7 Å². The number of nitrogens with zero attached hydrogens (tertiary/aromatic N) is 3. The molecule has 0 aliphatic carbocycles. The van der Waals surface area contributed by atoms with Crippen molar-refractivity contribution in [1.82, 2.24) is 13.5 Å². The third-order valence-electron chi connectivity index (χ3n) is 7.41. The van der Waals surface area contributed by atoms with Crippen LogP contribution in [0.2, 0.25) is 0 Å². The number of hydrogen-bond donors (Lipinski definition) is 0. The Bertz CT molecular complexity index is 1440. The number of rotatable bonds is 6. The van der Waals surface area contributed by atoms with E-state index in [1.54, 1.807) is 48.5 Å². The van der Waals surface area contributed by atoms with Crippen LogP contribution in [0, 0.1) is 20.8 Å². The molecule has 1 heterocycles. The van der Waals surface area contributed by atoms with Gasteiger partial charge in [0.25, 0.3) is 0 Å². The Balaban J connectivity index is 1.63. The van der Waals surface area contributed by atoms with Crippen molar-refractivity contribution in [2.24, 2.45) is 0 Å². The molecule has 0 saturated carbocycles. The average molecular weight is 596 g/mol. The Morgan fingerprint density at radius 2 is 0.951 bits per heavy atom. The second kappa shape index (κ2) is 13.4. The maximum absolute atomic E-state index is 13.7. The van der Waals surface area contributed by atoms with Crippen LogP contribution in [0.25, 0.3) is 0 Å².